The molecule has 8 heteroatoms. The van der Waals surface area contributed by atoms with Crippen LogP contribution in [-0.4, -0.2) is 59.4 Å². The third kappa shape index (κ3) is 4.36. The van der Waals surface area contributed by atoms with Crippen LogP contribution in [0.25, 0.3) is 0 Å². The predicted octanol–water partition coefficient (Wildman–Crippen LogP) is 1.73. The molecule has 0 heterocycles. The molecule has 0 saturated heterocycles. The van der Waals surface area contributed by atoms with Crippen molar-refractivity contribution in [2.24, 2.45) is 0 Å². The topological polar surface area (TPSA) is 69.9 Å². The second-order valence-corrected chi connectivity index (χ2v) is 5.36. The van der Waals surface area contributed by atoms with Crippen LogP contribution in [0.1, 0.15) is 0 Å². The Morgan fingerprint density at radius 1 is 0.850 bits per heavy atom. The summed E-state index contributed by atoms with van der Waals surface area (Å²) in [6.45, 7) is -0.0533. The number of quaternary nitrogens is 1. The van der Waals surface area contributed by atoms with Gasteiger partial charge in [-0.1, -0.05) is 34.8 Å². The highest BCUT2D eigenvalue weighted by Crippen LogP contribution is 2.39. The molecule has 0 amide bonds. The lowest BCUT2D eigenvalue weighted by atomic mass is 10.3. The van der Waals surface area contributed by atoms with E-state index in [1.165, 1.54) is 12.1 Å². The Morgan fingerprint density at radius 3 is 1.75 bits per heavy atom. The maximum absolute atomic E-state index is 9.18. The van der Waals surface area contributed by atoms with Crippen molar-refractivity contribution in [1.82, 2.24) is 0 Å². The number of benzene rings is 1. The molecular weight excluding hydrogens is 328 g/mol. The minimum Gasteiger partial charge on any atom is -0.390 e. The number of hydrogen-bond acceptors (Lipinski definition) is 4. The fourth-order valence-electron chi connectivity index (χ4n) is 1.80. The molecular formula is C12H17Cl3NO4+. The molecule has 3 N–H and O–H groups in total. The number of hydroxylamine groups is 3. The van der Waals surface area contributed by atoms with Gasteiger partial charge in [-0.25, -0.2) is 0 Å². The summed E-state index contributed by atoms with van der Waals surface area (Å²) in [6.07, 6.45) is 0. The maximum Gasteiger partial charge on any atom is 0.228 e. The molecule has 0 spiro atoms. The van der Waals surface area contributed by atoms with E-state index >= 15 is 0 Å². The highest BCUT2D eigenvalue weighted by molar-refractivity contribution is 6.44. The summed E-state index contributed by atoms with van der Waals surface area (Å²) in [7, 11) is 0. The Morgan fingerprint density at radius 2 is 1.30 bits per heavy atom. The smallest absolute Gasteiger partial charge is 0.228 e. The Labute approximate surface area is 132 Å². The monoisotopic (exact) mass is 344 g/mol. The largest absolute Gasteiger partial charge is 0.390 e. The van der Waals surface area contributed by atoms with Gasteiger partial charge in [0.25, 0.3) is 0 Å². The Kier molecular flexibility index (Phi) is 7.33. The van der Waals surface area contributed by atoms with Crippen LogP contribution in [0.15, 0.2) is 12.1 Å². The standard InChI is InChI=1S/C12H17Cl3NO4/c13-9-1-2-10(14)12(11(9)15)20-16(3-6-17,4-7-18)5-8-19/h1-2,17-19H,3-8H2/q+1. The van der Waals surface area contributed by atoms with Gasteiger partial charge in [-0.15, -0.1) is 4.65 Å². The van der Waals surface area contributed by atoms with Gasteiger partial charge in [0, 0.05) is 0 Å². The normalized spacial score (nSPS) is 11.7. The molecule has 5 nitrogen and oxygen atoms in total. The van der Waals surface area contributed by atoms with E-state index in [4.69, 9.17) is 39.6 Å². The fraction of sp³-hybridized carbons (Fsp3) is 0.500. The number of nitrogens with zero attached hydrogens (tertiary/aromatic N) is 1. The second-order valence-electron chi connectivity index (χ2n) is 4.16. The van der Waals surface area contributed by atoms with Gasteiger partial charge in [0.1, 0.15) is 24.7 Å². The minimum atomic E-state index is -0.205. The van der Waals surface area contributed by atoms with Crippen LogP contribution in [0.5, 0.6) is 5.75 Å². The lowest BCUT2D eigenvalue weighted by molar-refractivity contribution is -1.08. The van der Waals surface area contributed by atoms with Gasteiger partial charge >= 0.3 is 0 Å². The van der Waals surface area contributed by atoms with Gasteiger partial charge in [0.05, 0.1) is 29.9 Å². The SMILES string of the molecule is OCC[N+](CCO)(CCO)Oc1c(Cl)ccc(Cl)c1Cl. The van der Waals surface area contributed by atoms with Gasteiger partial charge in [-0.05, 0) is 12.1 Å². The van der Waals surface area contributed by atoms with Gasteiger partial charge in [0.15, 0.2) is 0 Å². The molecule has 0 atom stereocenters. The van der Waals surface area contributed by atoms with Crippen molar-refractivity contribution in [3.8, 4) is 5.75 Å². The number of rotatable bonds is 8. The summed E-state index contributed by atoms with van der Waals surface area (Å²) in [5, 5.41) is 28.2. The molecule has 0 aromatic heterocycles. The molecule has 1 rings (SSSR count). The predicted molar refractivity (Wildman–Crippen MR) is 78.2 cm³/mol. The average molecular weight is 346 g/mol. The van der Waals surface area contributed by atoms with Crippen molar-refractivity contribution in [3.05, 3.63) is 27.2 Å². The Hall–Kier alpha value is -0.270. The van der Waals surface area contributed by atoms with Crippen LogP contribution in [0.4, 0.5) is 0 Å². The summed E-state index contributed by atoms with van der Waals surface area (Å²) in [5.41, 5.74) is 0. The Bertz CT molecular complexity index is 428. The molecule has 0 aliphatic rings. The summed E-state index contributed by atoms with van der Waals surface area (Å²) in [6, 6.07) is 3.08. The highest BCUT2D eigenvalue weighted by atomic mass is 35.5. The summed E-state index contributed by atoms with van der Waals surface area (Å²) in [4.78, 5) is 5.77. The van der Waals surface area contributed by atoms with E-state index in [1.807, 2.05) is 0 Å². The highest BCUT2D eigenvalue weighted by Gasteiger charge is 2.32. The van der Waals surface area contributed by atoms with E-state index in [-0.39, 0.29) is 64.9 Å². The lowest BCUT2D eigenvalue weighted by Gasteiger charge is -2.34. The van der Waals surface area contributed by atoms with E-state index in [9.17, 15) is 15.3 Å². The molecule has 0 aliphatic carbocycles. The third-order valence-corrected chi connectivity index (χ3v) is 3.89. The molecule has 1 aromatic rings. The second kappa shape index (κ2) is 8.24. The first-order chi connectivity index (χ1) is 9.49. The molecule has 114 valence electrons. The van der Waals surface area contributed by atoms with E-state index in [2.05, 4.69) is 0 Å². The molecule has 0 saturated carbocycles. The first-order valence-corrected chi connectivity index (χ1v) is 7.15. The zero-order valence-corrected chi connectivity index (χ0v) is 13.0. The van der Waals surface area contributed by atoms with Gasteiger partial charge in [-0.3, -0.25) is 0 Å². The third-order valence-electron chi connectivity index (χ3n) is 2.81. The van der Waals surface area contributed by atoms with Crippen molar-refractivity contribution in [2.45, 2.75) is 0 Å². The zero-order valence-electron chi connectivity index (χ0n) is 10.7. The van der Waals surface area contributed by atoms with Crippen molar-refractivity contribution >= 4 is 34.8 Å². The minimum absolute atomic E-state index is 0.149. The molecule has 0 aliphatic heterocycles. The number of hydrogen-bond donors (Lipinski definition) is 3. The first kappa shape index (κ1) is 17.8. The molecule has 20 heavy (non-hydrogen) atoms. The Balaban J connectivity index is 3.14. The van der Waals surface area contributed by atoms with Crippen LogP contribution in [0.2, 0.25) is 15.1 Å². The summed E-state index contributed by atoms with van der Waals surface area (Å²) >= 11 is 18.0. The maximum atomic E-state index is 9.18. The van der Waals surface area contributed by atoms with Gasteiger partial charge < -0.3 is 20.2 Å². The van der Waals surface area contributed by atoms with E-state index in [0.717, 1.165) is 0 Å². The van der Waals surface area contributed by atoms with E-state index in [1.54, 1.807) is 0 Å². The average Bonchev–Trinajstić information content (AvgIpc) is 2.40. The van der Waals surface area contributed by atoms with Crippen molar-refractivity contribution in [3.63, 3.8) is 0 Å². The first-order valence-electron chi connectivity index (χ1n) is 6.01. The molecule has 0 bridgehead atoms. The number of aliphatic hydroxyl groups is 3. The number of halogens is 3. The summed E-state index contributed by atoms with van der Waals surface area (Å²) in [5.74, 6) is 0.163. The van der Waals surface area contributed by atoms with Crippen molar-refractivity contribution in [1.29, 1.82) is 0 Å². The van der Waals surface area contributed by atoms with Gasteiger partial charge in [-0.2, -0.15) is 0 Å². The number of aliphatic hydroxyl groups excluding tert-OH is 3. The van der Waals surface area contributed by atoms with E-state index < -0.39 is 0 Å². The van der Waals surface area contributed by atoms with Crippen LogP contribution in [0.3, 0.4) is 0 Å². The van der Waals surface area contributed by atoms with Crippen molar-refractivity contribution in [2.75, 3.05) is 39.5 Å². The quantitative estimate of drug-likeness (QED) is 0.381. The van der Waals surface area contributed by atoms with Crippen LogP contribution < -0.4 is 4.84 Å². The molecule has 0 radical (unpaired) electrons. The van der Waals surface area contributed by atoms with Crippen LogP contribution in [-0.2, 0) is 0 Å². The van der Waals surface area contributed by atoms with Crippen molar-refractivity contribution < 1.29 is 24.8 Å². The molecule has 1 aromatic carbocycles. The molecule has 0 fully saturated rings. The summed E-state index contributed by atoms with van der Waals surface area (Å²) < 4.78 is -0.205. The molecule has 0 unspecified atom stereocenters. The fourth-order valence-corrected chi connectivity index (χ4v) is 2.39. The van der Waals surface area contributed by atoms with Gasteiger partial charge in [0.2, 0.25) is 5.75 Å². The van der Waals surface area contributed by atoms with Crippen LogP contribution in [0, 0.1) is 0 Å². The van der Waals surface area contributed by atoms with E-state index in [0.29, 0.717) is 0 Å². The zero-order chi connectivity index (χ0) is 15.2. The lowest BCUT2D eigenvalue weighted by Crippen LogP contribution is -2.55. The van der Waals surface area contributed by atoms with Crippen LogP contribution >= 0.6 is 34.8 Å².